The molecule has 0 spiro atoms. The number of nitrogens with one attached hydrogen (secondary N) is 3. The van der Waals surface area contributed by atoms with Crippen LogP contribution in [0.25, 0.3) is 0 Å². The molecule has 2 rings (SSSR count). The van der Waals surface area contributed by atoms with Gasteiger partial charge in [0.05, 0.1) is 4.90 Å². The number of hydrogen-bond acceptors (Lipinski definition) is 3. The summed E-state index contributed by atoms with van der Waals surface area (Å²) in [5.74, 6) is 0. The Labute approximate surface area is 108 Å². The van der Waals surface area contributed by atoms with Crippen molar-refractivity contribution in [1.29, 1.82) is 0 Å². The summed E-state index contributed by atoms with van der Waals surface area (Å²) in [6.45, 7) is 5.49. The molecule has 0 aliphatic heterocycles. The van der Waals surface area contributed by atoms with Crippen molar-refractivity contribution < 1.29 is 8.42 Å². The number of hydrogen-bond donors (Lipinski definition) is 3. The van der Waals surface area contributed by atoms with E-state index >= 15 is 0 Å². The third-order valence-electron chi connectivity index (χ3n) is 3.43. The quantitative estimate of drug-likeness (QED) is 0.731. The predicted molar refractivity (Wildman–Crippen MR) is 70.8 cm³/mol. The Morgan fingerprint density at radius 2 is 2.17 bits per heavy atom. The smallest absolute Gasteiger partial charge is 0.242 e. The molecular weight excluding hydrogens is 250 g/mol. The van der Waals surface area contributed by atoms with E-state index in [1.54, 1.807) is 12.3 Å². The van der Waals surface area contributed by atoms with E-state index in [4.69, 9.17) is 0 Å². The average Bonchev–Trinajstić information content (AvgIpc) is 2.73. The van der Waals surface area contributed by atoms with Crippen LogP contribution in [0, 0.1) is 0 Å². The number of aromatic nitrogens is 1. The van der Waals surface area contributed by atoms with Gasteiger partial charge in [-0.1, -0.05) is 6.92 Å². The van der Waals surface area contributed by atoms with Gasteiger partial charge in [0, 0.05) is 24.0 Å². The minimum atomic E-state index is -3.39. The molecule has 0 aromatic carbocycles. The molecule has 1 aromatic rings. The summed E-state index contributed by atoms with van der Waals surface area (Å²) in [7, 11) is -3.39. The lowest BCUT2D eigenvalue weighted by Crippen LogP contribution is -2.50. The fourth-order valence-electron chi connectivity index (χ4n) is 2.13. The maximum Gasteiger partial charge on any atom is 0.242 e. The second-order valence-corrected chi connectivity index (χ2v) is 6.84. The molecular formula is C12H21N3O2S. The molecule has 1 fully saturated rings. The van der Waals surface area contributed by atoms with Crippen LogP contribution in [-0.4, -0.2) is 25.5 Å². The van der Waals surface area contributed by atoms with Gasteiger partial charge in [0.1, 0.15) is 0 Å². The summed E-state index contributed by atoms with van der Waals surface area (Å²) >= 11 is 0. The van der Waals surface area contributed by atoms with E-state index in [0.29, 0.717) is 11.4 Å². The van der Waals surface area contributed by atoms with Crippen LogP contribution in [0.2, 0.25) is 0 Å². The lowest BCUT2D eigenvalue weighted by atomic mass is 9.80. The molecule has 1 saturated carbocycles. The van der Waals surface area contributed by atoms with Crippen molar-refractivity contribution in [2.24, 2.45) is 0 Å². The summed E-state index contributed by atoms with van der Waals surface area (Å²) in [4.78, 5) is 3.31. The van der Waals surface area contributed by atoms with E-state index in [1.165, 1.54) is 0 Å². The van der Waals surface area contributed by atoms with Gasteiger partial charge < -0.3 is 10.3 Å². The van der Waals surface area contributed by atoms with Crippen LogP contribution in [0.4, 0.5) is 0 Å². The van der Waals surface area contributed by atoms with Gasteiger partial charge in [-0.05, 0) is 38.8 Å². The normalized spacial score (nSPS) is 18.6. The SMILES string of the molecule is CCNCc1cc(S(=O)(=O)NC2(C)CCC2)c[nH]1. The van der Waals surface area contributed by atoms with E-state index in [9.17, 15) is 8.42 Å². The first-order chi connectivity index (χ1) is 8.45. The molecule has 0 bridgehead atoms. The Morgan fingerprint density at radius 1 is 1.44 bits per heavy atom. The highest BCUT2D eigenvalue weighted by molar-refractivity contribution is 7.89. The Morgan fingerprint density at radius 3 is 2.72 bits per heavy atom. The molecule has 18 heavy (non-hydrogen) atoms. The van der Waals surface area contributed by atoms with Crippen molar-refractivity contribution in [3.63, 3.8) is 0 Å². The molecule has 3 N–H and O–H groups in total. The molecule has 0 amide bonds. The highest BCUT2D eigenvalue weighted by Gasteiger charge is 2.36. The molecule has 1 heterocycles. The van der Waals surface area contributed by atoms with Gasteiger partial charge in [-0.3, -0.25) is 0 Å². The maximum absolute atomic E-state index is 12.2. The minimum Gasteiger partial charge on any atom is -0.363 e. The number of H-pyrrole nitrogens is 1. The second-order valence-electron chi connectivity index (χ2n) is 5.16. The fourth-order valence-corrected chi connectivity index (χ4v) is 3.61. The Hall–Kier alpha value is -0.850. The Kier molecular flexibility index (Phi) is 3.79. The number of sulfonamides is 1. The third-order valence-corrected chi connectivity index (χ3v) is 5.05. The molecule has 1 aromatic heterocycles. The van der Waals surface area contributed by atoms with Crippen molar-refractivity contribution in [2.75, 3.05) is 6.54 Å². The average molecular weight is 271 g/mol. The lowest BCUT2D eigenvalue weighted by Gasteiger charge is -2.38. The highest BCUT2D eigenvalue weighted by Crippen LogP contribution is 2.32. The molecule has 102 valence electrons. The summed E-state index contributed by atoms with van der Waals surface area (Å²) in [6, 6.07) is 1.69. The third kappa shape index (κ3) is 2.93. The van der Waals surface area contributed by atoms with Gasteiger partial charge in [-0.15, -0.1) is 0 Å². The molecule has 0 unspecified atom stereocenters. The molecule has 5 nitrogen and oxygen atoms in total. The Balaban J connectivity index is 2.07. The summed E-state index contributed by atoms with van der Waals surface area (Å²) in [6.07, 6.45) is 4.48. The van der Waals surface area contributed by atoms with Gasteiger partial charge in [0.25, 0.3) is 0 Å². The largest absolute Gasteiger partial charge is 0.363 e. The van der Waals surface area contributed by atoms with Crippen molar-refractivity contribution in [1.82, 2.24) is 15.0 Å². The van der Waals surface area contributed by atoms with E-state index < -0.39 is 10.0 Å². The molecule has 0 atom stereocenters. The summed E-state index contributed by atoms with van der Waals surface area (Å²) in [5.41, 5.74) is 0.633. The van der Waals surface area contributed by atoms with Gasteiger partial charge in [-0.25, -0.2) is 13.1 Å². The van der Waals surface area contributed by atoms with Crippen LogP contribution in [0.5, 0.6) is 0 Å². The fraction of sp³-hybridized carbons (Fsp3) is 0.667. The van der Waals surface area contributed by atoms with Gasteiger partial charge in [0.2, 0.25) is 10.0 Å². The van der Waals surface area contributed by atoms with Gasteiger partial charge >= 0.3 is 0 Å². The molecule has 1 aliphatic rings. The van der Waals surface area contributed by atoms with Crippen molar-refractivity contribution >= 4 is 10.0 Å². The van der Waals surface area contributed by atoms with Gasteiger partial charge in [0.15, 0.2) is 0 Å². The zero-order valence-corrected chi connectivity index (χ0v) is 11.7. The van der Waals surface area contributed by atoms with Gasteiger partial charge in [-0.2, -0.15) is 0 Å². The molecule has 6 heteroatoms. The first kappa shape index (κ1) is 13.6. The topological polar surface area (TPSA) is 74.0 Å². The van der Waals surface area contributed by atoms with E-state index in [2.05, 4.69) is 15.0 Å². The van der Waals surface area contributed by atoms with Crippen molar-refractivity contribution in [3.05, 3.63) is 18.0 Å². The van der Waals surface area contributed by atoms with E-state index in [1.807, 2.05) is 13.8 Å². The highest BCUT2D eigenvalue weighted by atomic mass is 32.2. The summed E-state index contributed by atoms with van der Waals surface area (Å²) < 4.78 is 27.1. The van der Waals surface area contributed by atoms with Crippen LogP contribution in [0.15, 0.2) is 17.2 Å². The Bertz CT molecular complexity index is 503. The van der Waals surface area contributed by atoms with Crippen LogP contribution in [0.3, 0.4) is 0 Å². The first-order valence-electron chi connectivity index (χ1n) is 6.37. The van der Waals surface area contributed by atoms with E-state index in [0.717, 1.165) is 31.5 Å². The predicted octanol–water partition coefficient (Wildman–Crippen LogP) is 1.35. The minimum absolute atomic E-state index is 0.252. The maximum atomic E-state index is 12.2. The first-order valence-corrected chi connectivity index (χ1v) is 7.85. The zero-order valence-electron chi connectivity index (χ0n) is 10.9. The van der Waals surface area contributed by atoms with Crippen LogP contribution in [0.1, 0.15) is 38.8 Å². The van der Waals surface area contributed by atoms with Crippen molar-refractivity contribution in [3.8, 4) is 0 Å². The standard InChI is InChI=1S/C12H21N3O2S/c1-3-13-8-10-7-11(9-14-10)18(16,17)15-12(2)5-4-6-12/h7,9,13-15H,3-6,8H2,1-2H3. The molecule has 0 saturated heterocycles. The molecule has 0 radical (unpaired) electrons. The summed E-state index contributed by atoms with van der Waals surface area (Å²) in [5, 5.41) is 3.15. The van der Waals surface area contributed by atoms with Crippen LogP contribution >= 0.6 is 0 Å². The van der Waals surface area contributed by atoms with Crippen LogP contribution in [-0.2, 0) is 16.6 Å². The zero-order chi connectivity index (χ0) is 13.2. The number of rotatable bonds is 6. The second kappa shape index (κ2) is 5.03. The van der Waals surface area contributed by atoms with Crippen molar-refractivity contribution in [2.45, 2.75) is 50.1 Å². The number of aromatic amines is 1. The lowest BCUT2D eigenvalue weighted by molar-refractivity contribution is 0.248. The van der Waals surface area contributed by atoms with Crippen LogP contribution < -0.4 is 10.0 Å². The van der Waals surface area contributed by atoms with E-state index in [-0.39, 0.29) is 5.54 Å². The monoisotopic (exact) mass is 271 g/mol. The molecule has 1 aliphatic carbocycles.